The first-order valence-corrected chi connectivity index (χ1v) is 7.33. The van der Waals surface area contributed by atoms with Crippen molar-refractivity contribution in [2.45, 2.75) is 6.10 Å². The van der Waals surface area contributed by atoms with Crippen LogP contribution in [0.4, 0.5) is 5.95 Å². The van der Waals surface area contributed by atoms with E-state index in [2.05, 4.69) is 36.4 Å². The van der Waals surface area contributed by atoms with Crippen LogP contribution in [-0.4, -0.2) is 61.2 Å². The number of rotatable bonds is 4. The highest BCUT2D eigenvalue weighted by atomic mass is 79.9. The van der Waals surface area contributed by atoms with Crippen LogP contribution in [0.15, 0.2) is 22.0 Å². The average molecular weight is 342 g/mol. The summed E-state index contributed by atoms with van der Waals surface area (Å²) < 4.78 is 6.40. The Hall–Kier alpha value is -1.25. The number of morpholine rings is 1. The quantitative estimate of drug-likeness (QED) is 0.800. The molecular formula is C12H16BrN5O2. The van der Waals surface area contributed by atoms with Crippen molar-refractivity contribution in [3.63, 3.8) is 0 Å². The van der Waals surface area contributed by atoms with Crippen LogP contribution < -0.4 is 10.2 Å². The predicted molar refractivity (Wildman–Crippen MR) is 77.9 cm³/mol. The van der Waals surface area contributed by atoms with Crippen LogP contribution in [0.1, 0.15) is 0 Å². The maximum absolute atomic E-state index is 5.52. The molecule has 1 unspecified atom stereocenters. The average Bonchev–Trinajstić information content (AvgIpc) is 2.44. The lowest BCUT2D eigenvalue weighted by Gasteiger charge is -2.32. The fraction of sp³-hybridized carbons (Fsp3) is 0.583. The standard InChI is InChI=1S/C12H16BrN5O2/c13-9-3-15-12(16-4-9)18-6-10(7-18)17-20-8-11-5-14-1-2-19-11/h3-4,11,14H,1-2,5-8H2. The van der Waals surface area contributed by atoms with Gasteiger partial charge >= 0.3 is 0 Å². The topological polar surface area (TPSA) is 71.9 Å². The van der Waals surface area contributed by atoms with Crippen molar-refractivity contribution < 1.29 is 9.57 Å². The third-order valence-corrected chi connectivity index (χ3v) is 3.50. The first-order chi connectivity index (χ1) is 9.81. The number of aromatic nitrogens is 2. The minimum absolute atomic E-state index is 0.0964. The fourth-order valence-corrected chi connectivity index (χ4v) is 2.21. The first kappa shape index (κ1) is 13.7. The molecule has 1 N–H and O–H groups in total. The number of anilines is 1. The molecule has 8 heteroatoms. The summed E-state index contributed by atoms with van der Waals surface area (Å²) in [5.74, 6) is 0.715. The van der Waals surface area contributed by atoms with Crippen molar-refractivity contribution in [3.8, 4) is 0 Å². The van der Waals surface area contributed by atoms with E-state index < -0.39 is 0 Å². The molecule has 3 rings (SSSR count). The molecule has 1 atom stereocenters. The Bertz CT molecular complexity index is 467. The number of hydrogen-bond donors (Lipinski definition) is 1. The Balaban J connectivity index is 1.40. The molecule has 0 aliphatic carbocycles. The van der Waals surface area contributed by atoms with E-state index in [-0.39, 0.29) is 6.10 Å². The van der Waals surface area contributed by atoms with Gasteiger partial charge in [0, 0.05) is 25.5 Å². The van der Waals surface area contributed by atoms with E-state index >= 15 is 0 Å². The van der Waals surface area contributed by atoms with Gasteiger partial charge in [0.1, 0.15) is 12.7 Å². The Morgan fingerprint density at radius 2 is 2.25 bits per heavy atom. The summed E-state index contributed by atoms with van der Waals surface area (Å²) in [6.07, 6.45) is 3.57. The molecule has 3 heterocycles. The normalized spacial score (nSPS) is 22.4. The molecule has 20 heavy (non-hydrogen) atoms. The van der Waals surface area contributed by atoms with Crippen LogP contribution in [0.5, 0.6) is 0 Å². The van der Waals surface area contributed by atoms with E-state index in [9.17, 15) is 0 Å². The summed E-state index contributed by atoms with van der Waals surface area (Å²) in [4.78, 5) is 15.8. The highest BCUT2D eigenvalue weighted by Crippen LogP contribution is 2.15. The molecule has 1 aromatic heterocycles. The second-order valence-corrected chi connectivity index (χ2v) is 5.62. The zero-order valence-electron chi connectivity index (χ0n) is 11.0. The van der Waals surface area contributed by atoms with Crippen molar-refractivity contribution in [1.82, 2.24) is 15.3 Å². The summed E-state index contributed by atoms with van der Waals surface area (Å²) in [6.45, 7) is 4.39. The maximum Gasteiger partial charge on any atom is 0.226 e. The molecule has 0 aromatic carbocycles. The maximum atomic E-state index is 5.52. The van der Waals surface area contributed by atoms with E-state index in [0.717, 1.165) is 29.9 Å². The number of ether oxygens (including phenoxy) is 1. The Morgan fingerprint density at radius 1 is 1.45 bits per heavy atom. The zero-order chi connectivity index (χ0) is 13.8. The van der Waals surface area contributed by atoms with Crippen LogP contribution in [0.3, 0.4) is 0 Å². The molecular weight excluding hydrogens is 326 g/mol. The minimum Gasteiger partial charge on any atom is -0.393 e. The molecule has 2 aliphatic heterocycles. The van der Waals surface area contributed by atoms with Gasteiger partial charge in [0.05, 0.1) is 29.9 Å². The molecule has 0 bridgehead atoms. The largest absolute Gasteiger partial charge is 0.393 e. The zero-order valence-corrected chi connectivity index (χ0v) is 12.5. The van der Waals surface area contributed by atoms with Gasteiger partial charge in [-0.15, -0.1) is 0 Å². The number of hydrogen-bond acceptors (Lipinski definition) is 7. The van der Waals surface area contributed by atoms with Gasteiger partial charge in [-0.05, 0) is 15.9 Å². The van der Waals surface area contributed by atoms with Gasteiger partial charge in [-0.3, -0.25) is 0 Å². The summed E-state index contributed by atoms with van der Waals surface area (Å²) in [5.41, 5.74) is 1.00. The lowest BCUT2D eigenvalue weighted by molar-refractivity contribution is -0.0304. The molecule has 7 nitrogen and oxygen atoms in total. The van der Waals surface area contributed by atoms with Gasteiger partial charge in [0.25, 0.3) is 0 Å². The predicted octanol–water partition coefficient (Wildman–Crippen LogP) is 0.420. The molecule has 0 amide bonds. The van der Waals surface area contributed by atoms with Gasteiger partial charge in [-0.2, -0.15) is 0 Å². The Kier molecular flexibility index (Phi) is 4.44. The molecule has 1 aromatic rings. The lowest BCUT2D eigenvalue weighted by atomic mass is 10.2. The monoisotopic (exact) mass is 341 g/mol. The van der Waals surface area contributed by atoms with Gasteiger partial charge < -0.3 is 19.8 Å². The van der Waals surface area contributed by atoms with Crippen molar-refractivity contribution in [3.05, 3.63) is 16.9 Å². The smallest absolute Gasteiger partial charge is 0.226 e. The first-order valence-electron chi connectivity index (χ1n) is 6.54. The van der Waals surface area contributed by atoms with Gasteiger partial charge in [-0.25, -0.2) is 9.97 Å². The number of oxime groups is 1. The summed E-state index contributed by atoms with van der Waals surface area (Å²) in [5, 5.41) is 7.37. The van der Waals surface area contributed by atoms with E-state index in [1.807, 2.05) is 4.90 Å². The SMILES string of the molecule is Brc1cnc(N2CC(=NOCC3CNCCO3)C2)nc1. The van der Waals surface area contributed by atoms with Gasteiger partial charge in [-0.1, -0.05) is 5.16 Å². The number of nitrogens with one attached hydrogen (secondary N) is 1. The van der Waals surface area contributed by atoms with Crippen LogP contribution in [0.25, 0.3) is 0 Å². The summed E-state index contributed by atoms with van der Waals surface area (Å²) in [6, 6.07) is 0. The molecule has 0 saturated carbocycles. The minimum atomic E-state index is 0.0964. The molecule has 2 aliphatic rings. The molecule has 108 valence electrons. The third kappa shape index (κ3) is 3.44. The van der Waals surface area contributed by atoms with E-state index in [0.29, 0.717) is 25.6 Å². The van der Waals surface area contributed by atoms with Gasteiger partial charge in [0.15, 0.2) is 0 Å². The number of halogens is 1. The second kappa shape index (κ2) is 6.47. The van der Waals surface area contributed by atoms with Crippen LogP contribution in [0.2, 0.25) is 0 Å². The number of nitrogens with zero attached hydrogens (tertiary/aromatic N) is 4. The van der Waals surface area contributed by atoms with Gasteiger partial charge in [0.2, 0.25) is 5.95 Å². The summed E-state index contributed by atoms with van der Waals surface area (Å²) >= 11 is 3.31. The highest BCUT2D eigenvalue weighted by Gasteiger charge is 2.25. The molecule has 2 saturated heterocycles. The van der Waals surface area contributed by atoms with E-state index in [4.69, 9.17) is 9.57 Å². The Morgan fingerprint density at radius 3 is 2.95 bits per heavy atom. The van der Waals surface area contributed by atoms with Crippen molar-refractivity contribution in [2.75, 3.05) is 44.3 Å². The van der Waals surface area contributed by atoms with Crippen LogP contribution >= 0.6 is 15.9 Å². The second-order valence-electron chi connectivity index (χ2n) is 4.71. The molecule has 0 radical (unpaired) electrons. The van der Waals surface area contributed by atoms with E-state index in [1.54, 1.807) is 12.4 Å². The highest BCUT2D eigenvalue weighted by molar-refractivity contribution is 9.10. The fourth-order valence-electron chi connectivity index (χ4n) is 2.00. The van der Waals surface area contributed by atoms with Crippen molar-refractivity contribution in [2.24, 2.45) is 5.16 Å². The third-order valence-electron chi connectivity index (χ3n) is 3.09. The van der Waals surface area contributed by atoms with Crippen LogP contribution in [0, 0.1) is 0 Å². The summed E-state index contributed by atoms with van der Waals surface area (Å²) in [7, 11) is 0. The van der Waals surface area contributed by atoms with Crippen molar-refractivity contribution in [1.29, 1.82) is 0 Å². The van der Waals surface area contributed by atoms with Crippen molar-refractivity contribution >= 4 is 27.6 Å². The van der Waals surface area contributed by atoms with E-state index in [1.165, 1.54) is 0 Å². The molecule has 2 fully saturated rings. The van der Waals surface area contributed by atoms with Crippen LogP contribution in [-0.2, 0) is 9.57 Å². The molecule has 0 spiro atoms. The lowest BCUT2D eigenvalue weighted by Crippen LogP contribution is -2.48. The Labute approximate surface area is 125 Å².